The molecule has 2 aromatic rings. The molecule has 1 aromatic carbocycles. The van der Waals surface area contributed by atoms with Crippen molar-refractivity contribution in [2.24, 2.45) is 4.99 Å². The summed E-state index contributed by atoms with van der Waals surface area (Å²) < 4.78 is 19.3. The Morgan fingerprint density at radius 1 is 1.23 bits per heavy atom. The minimum Gasteiger partial charge on any atom is -0.375 e. The third-order valence-corrected chi connectivity index (χ3v) is 3.78. The number of benzene rings is 1. The molecule has 0 saturated heterocycles. The molecular weight excluding hydrogens is 448 g/mol. The monoisotopic (exact) mass is 475 g/mol. The average molecular weight is 475 g/mol. The Morgan fingerprint density at radius 2 is 1.92 bits per heavy atom. The van der Waals surface area contributed by atoms with Crippen LogP contribution in [0.3, 0.4) is 0 Å². The molecule has 26 heavy (non-hydrogen) atoms. The quantitative estimate of drug-likeness (QED) is 0.381. The first-order valence-corrected chi connectivity index (χ1v) is 8.26. The lowest BCUT2D eigenvalue weighted by molar-refractivity contribution is 0.372. The van der Waals surface area contributed by atoms with Crippen LogP contribution in [-0.2, 0) is 13.1 Å². The minimum atomic E-state index is -0.241. The third-order valence-electron chi connectivity index (χ3n) is 3.78. The van der Waals surface area contributed by atoms with Gasteiger partial charge in [-0.25, -0.2) is 4.39 Å². The van der Waals surface area contributed by atoms with Crippen LogP contribution in [0, 0.1) is 5.82 Å². The van der Waals surface area contributed by atoms with Gasteiger partial charge in [0.15, 0.2) is 11.7 Å². The second-order valence-electron chi connectivity index (χ2n) is 6.33. The molecule has 0 spiro atoms. The predicted octanol–water partition coefficient (Wildman–Crippen LogP) is 3.49. The maximum absolute atomic E-state index is 14.0. The van der Waals surface area contributed by atoms with E-state index in [9.17, 15) is 4.39 Å². The first-order valence-electron chi connectivity index (χ1n) is 8.26. The van der Waals surface area contributed by atoms with E-state index >= 15 is 0 Å². The second-order valence-corrected chi connectivity index (χ2v) is 6.33. The molecule has 144 valence electrons. The zero-order chi connectivity index (χ0) is 18.4. The molecule has 0 saturated carbocycles. The predicted molar refractivity (Wildman–Crippen MR) is 114 cm³/mol. The number of aromatic nitrogens is 1. The number of guanidine groups is 1. The van der Waals surface area contributed by atoms with Crippen molar-refractivity contribution in [2.45, 2.75) is 32.9 Å². The molecule has 0 unspecified atom stereocenters. The van der Waals surface area contributed by atoms with Gasteiger partial charge in [-0.15, -0.1) is 24.0 Å². The van der Waals surface area contributed by atoms with Gasteiger partial charge in [-0.1, -0.05) is 25.1 Å². The van der Waals surface area contributed by atoms with E-state index in [1.54, 1.807) is 18.0 Å². The summed E-state index contributed by atoms with van der Waals surface area (Å²) in [6, 6.07) is 7.12. The molecule has 2 N–H and O–H groups in total. The van der Waals surface area contributed by atoms with Gasteiger partial charge in [-0.05, 0) is 23.6 Å². The summed E-state index contributed by atoms with van der Waals surface area (Å²) in [4.78, 5) is 5.90. The van der Waals surface area contributed by atoms with Crippen molar-refractivity contribution in [3.05, 3.63) is 47.1 Å². The summed E-state index contributed by atoms with van der Waals surface area (Å²) >= 11 is 0. The van der Waals surface area contributed by atoms with Crippen molar-refractivity contribution >= 4 is 35.6 Å². The van der Waals surface area contributed by atoms with Gasteiger partial charge in [0.1, 0.15) is 5.82 Å². The smallest absolute Gasteiger partial charge is 0.191 e. The summed E-state index contributed by atoms with van der Waals surface area (Å²) in [5.41, 5.74) is 2.33. The van der Waals surface area contributed by atoms with Gasteiger partial charge in [-0.3, -0.25) is 4.99 Å². The molecule has 0 aliphatic carbocycles. The van der Waals surface area contributed by atoms with Crippen molar-refractivity contribution in [3.8, 4) is 0 Å². The van der Waals surface area contributed by atoms with Gasteiger partial charge in [0.25, 0.3) is 0 Å². The number of nitrogens with zero attached hydrogens (tertiary/aromatic N) is 3. The van der Waals surface area contributed by atoms with Gasteiger partial charge in [0.2, 0.25) is 0 Å². The largest absolute Gasteiger partial charge is 0.375 e. The molecule has 0 radical (unpaired) electrons. The van der Waals surface area contributed by atoms with Crippen LogP contribution < -0.4 is 15.5 Å². The number of halogens is 2. The fraction of sp³-hybridized carbons (Fsp3) is 0.444. The fourth-order valence-corrected chi connectivity index (χ4v) is 2.28. The Morgan fingerprint density at radius 3 is 2.46 bits per heavy atom. The molecule has 0 aliphatic heterocycles. The van der Waals surface area contributed by atoms with E-state index in [2.05, 4.69) is 34.6 Å². The zero-order valence-electron chi connectivity index (χ0n) is 15.8. The third kappa shape index (κ3) is 6.15. The standard InChI is InChI=1S/C18H26FN5O.HI/c1-12(2)16-9-14(25-23-16)11-22-18(20-3)21-10-13-6-7-17(24(4)5)15(19)8-13;/h6-9,12H,10-11H2,1-5H3,(H2,20,21,22);1H. The molecule has 1 heterocycles. The van der Waals surface area contributed by atoms with Crippen LogP contribution in [-0.4, -0.2) is 32.3 Å². The summed E-state index contributed by atoms with van der Waals surface area (Å²) in [5, 5.41) is 10.3. The van der Waals surface area contributed by atoms with Crippen molar-refractivity contribution in [1.29, 1.82) is 0 Å². The first-order chi connectivity index (χ1) is 11.9. The van der Waals surface area contributed by atoms with Crippen molar-refractivity contribution in [1.82, 2.24) is 15.8 Å². The molecule has 0 atom stereocenters. The number of anilines is 1. The van der Waals surface area contributed by atoms with E-state index in [1.165, 1.54) is 6.07 Å². The maximum Gasteiger partial charge on any atom is 0.191 e. The van der Waals surface area contributed by atoms with Gasteiger partial charge >= 0.3 is 0 Å². The number of nitrogens with one attached hydrogen (secondary N) is 2. The Balaban J connectivity index is 0.00000338. The zero-order valence-corrected chi connectivity index (χ0v) is 18.2. The van der Waals surface area contributed by atoms with Gasteiger partial charge < -0.3 is 20.1 Å². The number of rotatable bonds is 6. The molecule has 0 bridgehead atoms. The number of aliphatic imine (C=N–C) groups is 1. The molecule has 8 heteroatoms. The van der Waals surface area contributed by atoms with Crippen LogP contribution >= 0.6 is 24.0 Å². The second kappa shape index (κ2) is 10.3. The highest BCUT2D eigenvalue weighted by Gasteiger charge is 2.09. The lowest BCUT2D eigenvalue weighted by Gasteiger charge is -2.15. The lowest BCUT2D eigenvalue weighted by atomic mass is 10.1. The topological polar surface area (TPSA) is 65.7 Å². The highest BCUT2D eigenvalue weighted by Crippen LogP contribution is 2.18. The van der Waals surface area contributed by atoms with E-state index in [4.69, 9.17) is 4.52 Å². The van der Waals surface area contributed by atoms with Crippen LogP contribution in [0.5, 0.6) is 0 Å². The van der Waals surface area contributed by atoms with Crippen molar-refractivity contribution < 1.29 is 8.91 Å². The van der Waals surface area contributed by atoms with Gasteiger partial charge in [-0.2, -0.15) is 0 Å². The van der Waals surface area contributed by atoms with E-state index < -0.39 is 0 Å². The van der Waals surface area contributed by atoms with E-state index in [0.29, 0.717) is 30.7 Å². The molecule has 0 amide bonds. The highest BCUT2D eigenvalue weighted by atomic mass is 127. The van der Waals surface area contributed by atoms with E-state index in [1.807, 2.05) is 26.2 Å². The normalized spacial score (nSPS) is 11.3. The summed E-state index contributed by atoms with van der Waals surface area (Å²) in [7, 11) is 5.32. The number of hydrogen-bond donors (Lipinski definition) is 2. The van der Waals surface area contributed by atoms with E-state index in [-0.39, 0.29) is 29.8 Å². The van der Waals surface area contributed by atoms with Gasteiger partial charge in [0.05, 0.1) is 17.9 Å². The Labute approximate surface area is 171 Å². The molecular formula is C18H27FIN5O. The van der Waals surface area contributed by atoms with Crippen LogP contribution in [0.2, 0.25) is 0 Å². The molecule has 0 fully saturated rings. The summed E-state index contributed by atoms with van der Waals surface area (Å²) in [6.45, 7) is 5.08. The SMILES string of the molecule is CN=C(NCc1ccc(N(C)C)c(F)c1)NCc1cc(C(C)C)no1.I. The molecule has 2 rings (SSSR count). The summed E-state index contributed by atoms with van der Waals surface area (Å²) in [5.74, 6) is 1.44. The maximum atomic E-state index is 14.0. The average Bonchev–Trinajstić information content (AvgIpc) is 3.04. The Hall–Kier alpha value is -1.84. The van der Waals surface area contributed by atoms with Gasteiger partial charge in [0, 0.05) is 33.8 Å². The fourth-order valence-electron chi connectivity index (χ4n) is 2.28. The molecule has 1 aromatic heterocycles. The Bertz CT molecular complexity index is 730. The molecule has 6 nitrogen and oxygen atoms in total. The highest BCUT2D eigenvalue weighted by molar-refractivity contribution is 14.0. The van der Waals surface area contributed by atoms with Crippen LogP contribution in [0.4, 0.5) is 10.1 Å². The molecule has 0 aliphatic rings. The van der Waals surface area contributed by atoms with Crippen LogP contribution in [0.15, 0.2) is 33.8 Å². The number of hydrogen-bond acceptors (Lipinski definition) is 4. The summed E-state index contributed by atoms with van der Waals surface area (Å²) in [6.07, 6.45) is 0. The Kier molecular flexibility index (Phi) is 8.83. The first kappa shape index (κ1) is 22.2. The van der Waals surface area contributed by atoms with E-state index in [0.717, 1.165) is 17.0 Å². The van der Waals surface area contributed by atoms with Crippen LogP contribution in [0.25, 0.3) is 0 Å². The van der Waals surface area contributed by atoms with Crippen molar-refractivity contribution in [3.63, 3.8) is 0 Å². The van der Waals surface area contributed by atoms with Crippen LogP contribution in [0.1, 0.15) is 36.8 Å². The lowest BCUT2D eigenvalue weighted by Crippen LogP contribution is -2.36. The van der Waals surface area contributed by atoms with Crippen molar-refractivity contribution in [2.75, 3.05) is 26.0 Å². The minimum absolute atomic E-state index is 0.